The molecule has 1 aromatic carbocycles. The quantitative estimate of drug-likeness (QED) is 0.858. The van der Waals surface area contributed by atoms with Gasteiger partial charge in [0, 0.05) is 10.5 Å². The Bertz CT molecular complexity index is 331. The molecule has 0 aromatic heterocycles. The van der Waals surface area contributed by atoms with Gasteiger partial charge in [-0.25, -0.2) is 0 Å². The smallest absolute Gasteiger partial charge is 0.0326 e. The average molecular weight is 254 g/mol. The highest BCUT2D eigenvalue weighted by Gasteiger charge is 2.26. The molecule has 1 atom stereocenters. The van der Waals surface area contributed by atoms with Crippen LogP contribution in [-0.4, -0.2) is 0 Å². The molecule has 1 saturated carbocycles. The summed E-state index contributed by atoms with van der Waals surface area (Å²) in [4.78, 5) is 0. The summed E-state index contributed by atoms with van der Waals surface area (Å²) in [6.07, 6.45) is 3.95. The molecule has 1 aliphatic carbocycles. The number of hydrogen-bond acceptors (Lipinski definition) is 1. The lowest BCUT2D eigenvalue weighted by Gasteiger charge is -2.32. The fourth-order valence-electron chi connectivity index (χ4n) is 2.04. The maximum atomic E-state index is 6.25. The molecule has 14 heavy (non-hydrogen) atoms. The van der Waals surface area contributed by atoms with Crippen molar-refractivity contribution in [1.82, 2.24) is 0 Å². The van der Waals surface area contributed by atoms with Crippen molar-refractivity contribution < 1.29 is 0 Å². The van der Waals surface area contributed by atoms with Gasteiger partial charge < -0.3 is 5.73 Å². The maximum absolute atomic E-state index is 6.25. The molecular formula is C12H16BrN. The molecule has 1 aliphatic rings. The zero-order valence-electron chi connectivity index (χ0n) is 8.46. The van der Waals surface area contributed by atoms with E-state index in [1.54, 1.807) is 0 Å². The van der Waals surface area contributed by atoms with Crippen molar-refractivity contribution in [1.29, 1.82) is 0 Å². The Morgan fingerprint density at radius 1 is 1.43 bits per heavy atom. The summed E-state index contributed by atoms with van der Waals surface area (Å²) in [5, 5.41) is 0. The van der Waals surface area contributed by atoms with Crippen LogP contribution < -0.4 is 5.73 Å². The van der Waals surface area contributed by atoms with E-state index < -0.39 is 0 Å². The molecule has 0 spiro atoms. The fourth-order valence-corrected chi connectivity index (χ4v) is 2.42. The van der Waals surface area contributed by atoms with Crippen LogP contribution in [-0.2, 0) is 0 Å². The first kappa shape index (κ1) is 10.2. The third kappa shape index (κ3) is 1.73. The number of halogens is 1. The molecule has 0 bridgehead atoms. The van der Waals surface area contributed by atoms with Crippen LogP contribution in [0.1, 0.15) is 36.4 Å². The molecule has 2 N–H and O–H groups in total. The number of nitrogens with two attached hydrogens (primary N) is 1. The lowest BCUT2D eigenvalue weighted by atomic mass is 9.77. The molecule has 2 rings (SSSR count). The van der Waals surface area contributed by atoms with Crippen molar-refractivity contribution in [2.75, 3.05) is 0 Å². The van der Waals surface area contributed by atoms with Crippen LogP contribution in [0.3, 0.4) is 0 Å². The van der Waals surface area contributed by atoms with E-state index in [-0.39, 0.29) is 6.04 Å². The van der Waals surface area contributed by atoms with E-state index in [0.29, 0.717) is 5.92 Å². The molecule has 0 radical (unpaired) electrons. The van der Waals surface area contributed by atoms with Crippen molar-refractivity contribution in [2.45, 2.75) is 32.2 Å². The van der Waals surface area contributed by atoms with Gasteiger partial charge in [0.2, 0.25) is 0 Å². The standard InChI is InChI=1S/C12H16BrN/c1-8-10(6-3-7-11(8)13)12(14)9-4-2-5-9/h3,6-7,9,12H,2,4-5,14H2,1H3. The fraction of sp³-hybridized carbons (Fsp3) is 0.500. The second-order valence-electron chi connectivity index (χ2n) is 4.17. The minimum absolute atomic E-state index is 0.237. The SMILES string of the molecule is Cc1c(Br)cccc1C(N)C1CCC1. The molecule has 0 amide bonds. The zero-order valence-corrected chi connectivity index (χ0v) is 10.0. The Morgan fingerprint density at radius 2 is 2.14 bits per heavy atom. The molecule has 1 aromatic rings. The predicted octanol–water partition coefficient (Wildman–Crippen LogP) is 3.56. The molecule has 2 heteroatoms. The van der Waals surface area contributed by atoms with Crippen LogP contribution in [0.5, 0.6) is 0 Å². The van der Waals surface area contributed by atoms with Crippen LogP contribution in [0.25, 0.3) is 0 Å². The summed E-state index contributed by atoms with van der Waals surface area (Å²) in [6, 6.07) is 6.54. The highest BCUT2D eigenvalue weighted by atomic mass is 79.9. The van der Waals surface area contributed by atoms with Crippen molar-refractivity contribution >= 4 is 15.9 Å². The van der Waals surface area contributed by atoms with Gasteiger partial charge in [-0.3, -0.25) is 0 Å². The second-order valence-corrected chi connectivity index (χ2v) is 5.03. The predicted molar refractivity (Wildman–Crippen MR) is 63.1 cm³/mol. The van der Waals surface area contributed by atoms with E-state index in [2.05, 4.69) is 41.1 Å². The van der Waals surface area contributed by atoms with Gasteiger partial charge in [-0.1, -0.05) is 34.5 Å². The largest absolute Gasteiger partial charge is 0.324 e. The number of hydrogen-bond donors (Lipinski definition) is 1. The van der Waals surface area contributed by atoms with Gasteiger partial charge in [-0.05, 0) is 42.9 Å². The second kappa shape index (κ2) is 4.03. The van der Waals surface area contributed by atoms with E-state index in [4.69, 9.17) is 5.73 Å². The summed E-state index contributed by atoms with van der Waals surface area (Å²) < 4.78 is 1.17. The third-order valence-corrected chi connectivity index (χ3v) is 4.19. The Labute approximate surface area is 93.8 Å². The van der Waals surface area contributed by atoms with E-state index >= 15 is 0 Å². The Hall–Kier alpha value is -0.340. The third-order valence-electron chi connectivity index (χ3n) is 3.33. The van der Waals surface area contributed by atoms with Gasteiger partial charge in [0.05, 0.1) is 0 Å². The van der Waals surface area contributed by atoms with Crippen molar-refractivity contribution in [3.05, 3.63) is 33.8 Å². The maximum Gasteiger partial charge on any atom is 0.0326 e. The Morgan fingerprint density at radius 3 is 2.71 bits per heavy atom. The normalized spacial score (nSPS) is 19.1. The molecule has 0 aliphatic heterocycles. The summed E-state index contributed by atoms with van der Waals surface area (Å²) >= 11 is 3.55. The van der Waals surface area contributed by atoms with Crippen molar-refractivity contribution in [3.8, 4) is 0 Å². The van der Waals surface area contributed by atoms with Gasteiger partial charge in [0.25, 0.3) is 0 Å². The molecule has 1 nitrogen and oxygen atoms in total. The van der Waals surface area contributed by atoms with Crippen molar-refractivity contribution in [3.63, 3.8) is 0 Å². The average Bonchev–Trinajstić information content (AvgIpc) is 2.06. The van der Waals surface area contributed by atoms with E-state index in [9.17, 15) is 0 Å². The summed E-state index contributed by atoms with van der Waals surface area (Å²) in [5.41, 5.74) is 8.86. The molecular weight excluding hydrogens is 238 g/mol. The monoisotopic (exact) mass is 253 g/mol. The van der Waals surface area contributed by atoms with Gasteiger partial charge >= 0.3 is 0 Å². The molecule has 0 heterocycles. The minimum atomic E-state index is 0.237. The summed E-state index contributed by atoms with van der Waals surface area (Å²) in [6.45, 7) is 2.14. The van der Waals surface area contributed by atoms with Gasteiger partial charge in [0.15, 0.2) is 0 Å². The summed E-state index contributed by atoms with van der Waals surface area (Å²) in [5.74, 6) is 0.711. The van der Waals surface area contributed by atoms with Crippen LogP contribution in [0.2, 0.25) is 0 Å². The molecule has 76 valence electrons. The van der Waals surface area contributed by atoms with Crippen LogP contribution >= 0.6 is 15.9 Å². The highest BCUT2D eigenvalue weighted by Crippen LogP contribution is 2.38. The summed E-state index contributed by atoms with van der Waals surface area (Å²) in [7, 11) is 0. The van der Waals surface area contributed by atoms with Gasteiger partial charge in [-0.15, -0.1) is 0 Å². The topological polar surface area (TPSA) is 26.0 Å². The van der Waals surface area contributed by atoms with E-state index in [1.807, 2.05) is 0 Å². The lowest BCUT2D eigenvalue weighted by Crippen LogP contribution is -2.27. The molecule has 1 unspecified atom stereocenters. The first-order valence-corrected chi connectivity index (χ1v) is 6.00. The minimum Gasteiger partial charge on any atom is -0.324 e. The van der Waals surface area contributed by atoms with Crippen LogP contribution in [0, 0.1) is 12.8 Å². The Balaban J connectivity index is 2.26. The van der Waals surface area contributed by atoms with Crippen molar-refractivity contribution in [2.24, 2.45) is 11.7 Å². The highest BCUT2D eigenvalue weighted by molar-refractivity contribution is 9.10. The number of rotatable bonds is 2. The first-order valence-electron chi connectivity index (χ1n) is 5.20. The van der Waals surface area contributed by atoms with Crippen LogP contribution in [0.15, 0.2) is 22.7 Å². The molecule has 1 fully saturated rings. The zero-order chi connectivity index (χ0) is 10.1. The lowest BCUT2D eigenvalue weighted by molar-refractivity contribution is 0.264. The molecule has 0 saturated heterocycles. The first-order chi connectivity index (χ1) is 6.70. The van der Waals surface area contributed by atoms with Gasteiger partial charge in [-0.2, -0.15) is 0 Å². The van der Waals surface area contributed by atoms with Gasteiger partial charge in [0.1, 0.15) is 0 Å². The Kier molecular flexibility index (Phi) is 2.93. The van der Waals surface area contributed by atoms with Crippen LogP contribution in [0.4, 0.5) is 0 Å². The van der Waals surface area contributed by atoms with E-state index in [1.165, 1.54) is 34.9 Å². The van der Waals surface area contributed by atoms with E-state index in [0.717, 1.165) is 0 Å². The number of benzene rings is 1.